The van der Waals surface area contributed by atoms with Gasteiger partial charge in [-0.3, -0.25) is 0 Å². The van der Waals surface area contributed by atoms with Crippen LogP contribution in [0, 0.1) is 0 Å². The molecule has 8 nitrogen and oxygen atoms in total. The Balaban J connectivity index is 1.72. The van der Waals surface area contributed by atoms with Crippen LogP contribution in [0.1, 0.15) is 24.4 Å². The number of urea groups is 1. The zero-order valence-electron chi connectivity index (χ0n) is 14.3. The lowest BCUT2D eigenvalue weighted by atomic mass is 10.2. The topological polar surface area (TPSA) is 97.6 Å². The van der Waals surface area contributed by atoms with Crippen LogP contribution in [0.15, 0.2) is 43.0 Å². The van der Waals surface area contributed by atoms with Crippen LogP contribution in [0.4, 0.5) is 23.7 Å². The first-order valence-electron chi connectivity index (χ1n) is 7.87. The van der Waals surface area contributed by atoms with Gasteiger partial charge >= 0.3 is 12.2 Å². The molecule has 0 fully saturated rings. The number of halogens is 4. The monoisotopic (exact) mass is 411 g/mol. The van der Waals surface area contributed by atoms with Crippen molar-refractivity contribution in [1.29, 1.82) is 0 Å². The molecule has 2 heterocycles. The highest BCUT2D eigenvalue weighted by molar-refractivity contribution is 6.31. The minimum absolute atomic E-state index is 0.0608. The summed E-state index contributed by atoms with van der Waals surface area (Å²) in [5, 5.41) is 8.47. The summed E-state index contributed by atoms with van der Waals surface area (Å²) in [6, 6.07) is 3.35. The molecular weight excluding hydrogens is 399 g/mol. The highest BCUT2D eigenvalue weighted by Crippen LogP contribution is 2.36. The molecule has 0 saturated heterocycles. The minimum Gasteiger partial charge on any atom is -0.328 e. The van der Waals surface area contributed by atoms with Crippen molar-refractivity contribution in [2.75, 3.05) is 5.32 Å². The average Bonchev–Trinajstić information content (AvgIpc) is 3.13. The molecule has 0 aliphatic carbocycles. The Morgan fingerprint density at radius 3 is 2.61 bits per heavy atom. The number of aromatic nitrogens is 5. The van der Waals surface area contributed by atoms with E-state index in [2.05, 4.69) is 30.7 Å². The van der Waals surface area contributed by atoms with Crippen LogP contribution >= 0.6 is 11.6 Å². The van der Waals surface area contributed by atoms with Crippen molar-refractivity contribution in [1.82, 2.24) is 30.0 Å². The van der Waals surface area contributed by atoms with Gasteiger partial charge < -0.3 is 10.6 Å². The summed E-state index contributed by atoms with van der Waals surface area (Å²) < 4.78 is 40.1. The van der Waals surface area contributed by atoms with Gasteiger partial charge in [0.05, 0.1) is 16.6 Å². The fourth-order valence-corrected chi connectivity index (χ4v) is 2.57. The van der Waals surface area contributed by atoms with Crippen molar-refractivity contribution in [2.24, 2.45) is 0 Å². The fourth-order valence-electron chi connectivity index (χ4n) is 2.35. The van der Waals surface area contributed by atoms with Crippen LogP contribution in [-0.2, 0) is 6.18 Å². The zero-order valence-corrected chi connectivity index (χ0v) is 15.0. The molecule has 0 saturated carbocycles. The molecule has 0 radical (unpaired) electrons. The van der Waals surface area contributed by atoms with Crippen LogP contribution in [-0.4, -0.2) is 30.8 Å². The SMILES string of the molecule is C[C@H](NC(=O)Nc1ccc(Cl)c(C(F)(F)F)c1)c1ncnn1-c1ncccn1. The molecule has 3 aromatic rings. The Morgan fingerprint density at radius 1 is 1.21 bits per heavy atom. The van der Waals surface area contributed by atoms with Crippen molar-refractivity contribution in [3.63, 3.8) is 0 Å². The highest BCUT2D eigenvalue weighted by Gasteiger charge is 2.33. The van der Waals surface area contributed by atoms with E-state index in [1.165, 1.54) is 29.5 Å². The summed E-state index contributed by atoms with van der Waals surface area (Å²) in [6.45, 7) is 1.63. The van der Waals surface area contributed by atoms with Crippen LogP contribution in [0.5, 0.6) is 0 Å². The largest absolute Gasteiger partial charge is 0.417 e. The van der Waals surface area contributed by atoms with Gasteiger partial charge in [-0.05, 0) is 31.2 Å². The van der Waals surface area contributed by atoms with Crippen molar-refractivity contribution in [2.45, 2.75) is 19.1 Å². The van der Waals surface area contributed by atoms with Crippen molar-refractivity contribution in [3.8, 4) is 5.95 Å². The molecule has 0 bridgehead atoms. The Hall–Kier alpha value is -3.21. The molecule has 12 heteroatoms. The minimum atomic E-state index is -4.63. The summed E-state index contributed by atoms with van der Waals surface area (Å²) in [4.78, 5) is 24.4. The van der Waals surface area contributed by atoms with Gasteiger partial charge in [0.15, 0.2) is 5.82 Å². The molecule has 0 spiro atoms. The van der Waals surface area contributed by atoms with Crippen LogP contribution in [0.25, 0.3) is 5.95 Å². The zero-order chi connectivity index (χ0) is 20.3. The second kappa shape index (κ2) is 7.80. The van der Waals surface area contributed by atoms with Gasteiger partial charge in [-0.15, -0.1) is 0 Å². The second-order valence-corrected chi connectivity index (χ2v) is 6.00. The fraction of sp³-hybridized carbons (Fsp3) is 0.188. The Kier molecular flexibility index (Phi) is 5.45. The quantitative estimate of drug-likeness (QED) is 0.683. The molecule has 2 amide bonds. The van der Waals surface area contributed by atoms with Crippen LogP contribution in [0.3, 0.4) is 0 Å². The number of hydrogen-bond acceptors (Lipinski definition) is 5. The number of hydrogen-bond donors (Lipinski definition) is 2. The van der Waals surface area contributed by atoms with E-state index >= 15 is 0 Å². The lowest BCUT2D eigenvalue weighted by molar-refractivity contribution is -0.137. The number of amides is 2. The van der Waals surface area contributed by atoms with Gasteiger partial charge in [0, 0.05) is 18.1 Å². The highest BCUT2D eigenvalue weighted by atomic mass is 35.5. The number of alkyl halides is 3. The van der Waals surface area contributed by atoms with Crippen molar-refractivity contribution in [3.05, 3.63) is 59.4 Å². The average molecular weight is 412 g/mol. The Bertz CT molecular complexity index is 978. The number of rotatable bonds is 4. The summed E-state index contributed by atoms with van der Waals surface area (Å²) in [7, 11) is 0. The number of carbonyl (C=O) groups is 1. The Morgan fingerprint density at radius 2 is 1.93 bits per heavy atom. The molecule has 0 aliphatic rings. The van der Waals surface area contributed by atoms with E-state index in [-0.39, 0.29) is 11.6 Å². The summed E-state index contributed by atoms with van der Waals surface area (Å²) in [5.74, 6) is 0.602. The van der Waals surface area contributed by atoms with E-state index in [9.17, 15) is 18.0 Å². The maximum absolute atomic E-state index is 12.9. The summed E-state index contributed by atoms with van der Waals surface area (Å²) >= 11 is 5.57. The maximum atomic E-state index is 12.9. The lowest BCUT2D eigenvalue weighted by Crippen LogP contribution is -2.32. The number of carbonyl (C=O) groups excluding carboxylic acids is 1. The molecule has 1 aromatic carbocycles. The van der Waals surface area contributed by atoms with Crippen LogP contribution < -0.4 is 10.6 Å². The van der Waals surface area contributed by atoms with E-state index in [1.54, 1.807) is 13.0 Å². The maximum Gasteiger partial charge on any atom is 0.417 e. The first-order chi connectivity index (χ1) is 13.3. The van der Waals surface area contributed by atoms with Gasteiger partial charge in [0.1, 0.15) is 6.33 Å². The predicted octanol–water partition coefficient (Wildman–Crippen LogP) is 3.61. The molecule has 146 valence electrons. The standard InChI is InChI=1S/C16H13ClF3N7O/c1-9(13-23-8-24-27(13)14-21-5-2-6-22-14)25-15(28)26-10-3-4-12(17)11(7-10)16(18,19)20/h2-9H,1H3,(H2,25,26,28)/t9-/m0/s1. The van der Waals surface area contributed by atoms with Crippen LogP contribution in [0.2, 0.25) is 5.02 Å². The smallest absolute Gasteiger partial charge is 0.328 e. The molecule has 2 N–H and O–H groups in total. The molecule has 3 rings (SSSR count). The molecule has 0 aliphatic heterocycles. The molecule has 28 heavy (non-hydrogen) atoms. The van der Waals surface area contributed by atoms with Gasteiger partial charge in [-0.1, -0.05) is 11.6 Å². The molecular formula is C16H13ClF3N7O. The third-order valence-corrected chi connectivity index (χ3v) is 3.91. The van der Waals surface area contributed by atoms with E-state index in [1.807, 2.05) is 0 Å². The second-order valence-electron chi connectivity index (χ2n) is 5.59. The first kappa shape index (κ1) is 19.5. The van der Waals surface area contributed by atoms with Gasteiger partial charge in [-0.25, -0.2) is 19.7 Å². The number of benzene rings is 1. The molecule has 1 atom stereocenters. The predicted molar refractivity (Wildman–Crippen MR) is 94.0 cm³/mol. The lowest BCUT2D eigenvalue weighted by Gasteiger charge is -2.15. The summed E-state index contributed by atoms with van der Waals surface area (Å²) in [5.41, 5.74) is -1.10. The van der Waals surface area contributed by atoms with Gasteiger partial charge in [0.2, 0.25) is 0 Å². The third-order valence-electron chi connectivity index (χ3n) is 3.58. The number of nitrogens with zero attached hydrogens (tertiary/aromatic N) is 5. The third kappa shape index (κ3) is 4.36. The molecule has 2 aromatic heterocycles. The van der Waals surface area contributed by atoms with E-state index in [4.69, 9.17) is 11.6 Å². The number of nitrogens with one attached hydrogen (secondary N) is 2. The van der Waals surface area contributed by atoms with Crippen molar-refractivity contribution >= 4 is 23.3 Å². The van der Waals surface area contributed by atoms with E-state index < -0.39 is 28.8 Å². The van der Waals surface area contributed by atoms with Gasteiger partial charge in [-0.2, -0.15) is 23.0 Å². The van der Waals surface area contributed by atoms with Crippen molar-refractivity contribution < 1.29 is 18.0 Å². The first-order valence-corrected chi connectivity index (χ1v) is 8.25. The number of anilines is 1. The summed E-state index contributed by atoms with van der Waals surface area (Å²) in [6.07, 6.45) is -0.310. The molecule has 0 unspecified atom stereocenters. The normalized spacial score (nSPS) is 12.5. The van der Waals surface area contributed by atoms with Gasteiger partial charge in [0.25, 0.3) is 5.95 Å². The van der Waals surface area contributed by atoms with E-state index in [0.29, 0.717) is 5.82 Å². The van der Waals surface area contributed by atoms with E-state index in [0.717, 1.165) is 12.1 Å². The Labute approximate surface area is 161 Å².